The van der Waals surface area contributed by atoms with Crippen molar-refractivity contribution in [3.05, 3.63) is 47.2 Å². The summed E-state index contributed by atoms with van der Waals surface area (Å²) in [6.45, 7) is 2.95. The number of anilines is 2. The number of hydrogen-bond acceptors (Lipinski definition) is 5. The second kappa shape index (κ2) is 8.16. The molecule has 0 radical (unpaired) electrons. The molecule has 7 nitrogen and oxygen atoms in total. The number of aromatic carboxylic acids is 1. The first-order valence-corrected chi connectivity index (χ1v) is 9.81. The quantitative estimate of drug-likeness (QED) is 0.582. The molecule has 146 valence electrons. The summed E-state index contributed by atoms with van der Waals surface area (Å²) in [4.78, 5) is 15.5. The first kappa shape index (κ1) is 18.7. The van der Waals surface area contributed by atoms with Gasteiger partial charge >= 0.3 is 5.97 Å². The van der Waals surface area contributed by atoms with Gasteiger partial charge in [-0.1, -0.05) is 11.6 Å². The van der Waals surface area contributed by atoms with Gasteiger partial charge in [0.2, 0.25) is 0 Å². The summed E-state index contributed by atoms with van der Waals surface area (Å²) in [7, 11) is 0. The SMILES string of the molecule is O=C(O)c1ccncc1Nc1nn(CCC2CCCNC2)c2ccc(Cl)cc12. The third kappa shape index (κ3) is 3.95. The number of aryl methyl sites for hydroxylation is 1. The van der Waals surface area contributed by atoms with Crippen LogP contribution in [-0.4, -0.2) is 38.9 Å². The maximum Gasteiger partial charge on any atom is 0.337 e. The molecule has 1 unspecified atom stereocenters. The van der Waals surface area contributed by atoms with E-state index in [0.29, 0.717) is 22.4 Å². The number of carboxylic acids is 1. The van der Waals surface area contributed by atoms with E-state index in [-0.39, 0.29) is 5.56 Å². The Morgan fingerprint density at radius 1 is 1.39 bits per heavy atom. The van der Waals surface area contributed by atoms with Crippen molar-refractivity contribution < 1.29 is 9.90 Å². The van der Waals surface area contributed by atoms with Crippen molar-refractivity contribution >= 4 is 40.0 Å². The number of pyridine rings is 1. The van der Waals surface area contributed by atoms with E-state index < -0.39 is 5.97 Å². The van der Waals surface area contributed by atoms with Gasteiger partial charge in [-0.2, -0.15) is 5.10 Å². The van der Waals surface area contributed by atoms with Crippen LogP contribution in [0.25, 0.3) is 10.9 Å². The minimum absolute atomic E-state index is 0.146. The number of benzene rings is 1. The molecule has 1 saturated heterocycles. The van der Waals surface area contributed by atoms with E-state index in [1.54, 1.807) is 0 Å². The van der Waals surface area contributed by atoms with E-state index in [1.807, 2.05) is 22.9 Å². The van der Waals surface area contributed by atoms with Gasteiger partial charge in [-0.15, -0.1) is 0 Å². The zero-order chi connectivity index (χ0) is 19.5. The molecule has 1 aliphatic rings. The highest BCUT2D eigenvalue weighted by Gasteiger charge is 2.17. The van der Waals surface area contributed by atoms with E-state index in [1.165, 1.54) is 31.3 Å². The Kier molecular flexibility index (Phi) is 5.45. The second-order valence-electron chi connectivity index (χ2n) is 7.09. The van der Waals surface area contributed by atoms with Crippen LogP contribution in [0.1, 0.15) is 29.6 Å². The highest BCUT2D eigenvalue weighted by Crippen LogP contribution is 2.30. The minimum atomic E-state index is -1.02. The summed E-state index contributed by atoms with van der Waals surface area (Å²) in [5, 5.41) is 22.2. The molecular weight excluding hydrogens is 378 g/mol. The molecule has 3 N–H and O–H groups in total. The normalized spacial score (nSPS) is 17.0. The van der Waals surface area contributed by atoms with Crippen LogP contribution >= 0.6 is 11.6 Å². The van der Waals surface area contributed by atoms with Crippen LogP contribution in [0.15, 0.2) is 36.7 Å². The van der Waals surface area contributed by atoms with Gasteiger partial charge in [0.25, 0.3) is 0 Å². The number of carbonyl (C=O) groups is 1. The predicted octanol–water partition coefficient (Wildman–Crippen LogP) is 3.92. The summed E-state index contributed by atoms with van der Waals surface area (Å²) < 4.78 is 1.97. The first-order chi connectivity index (χ1) is 13.6. The van der Waals surface area contributed by atoms with Gasteiger partial charge < -0.3 is 15.7 Å². The molecule has 1 aliphatic heterocycles. The third-order valence-corrected chi connectivity index (χ3v) is 5.40. The lowest BCUT2D eigenvalue weighted by Crippen LogP contribution is -2.30. The number of carboxylic acid groups (broad SMARTS) is 1. The molecule has 28 heavy (non-hydrogen) atoms. The number of fused-ring (bicyclic) bond motifs is 1. The molecule has 2 aromatic heterocycles. The summed E-state index contributed by atoms with van der Waals surface area (Å²) >= 11 is 6.20. The van der Waals surface area contributed by atoms with Gasteiger partial charge in [-0.25, -0.2) is 4.79 Å². The van der Waals surface area contributed by atoms with Crippen molar-refractivity contribution in [1.29, 1.82) is 0 Å². The number of piperidine rings is 1. The van der Waals surface area contributed by atoms with E-state index in [2.05, 4.69) is 15.6 Å². The molecule has 0 aliphatic carbocycles. The van der Waals surface area contributed by atoms with Crippen LogP contribution in [0.4, 0.5) is 11.5 Å². The highest BCUT2D eigenvalue weighted by atomic mass is 35.5. The molecule has 0 bridgehead atoms. The highest BCUT2D eigenvalue weighted by molar-refractivity contribution is 6.31. The Hall–Kier alpha value is -2.64. The molecule has 3 heterocycles. The van der Waals surface area contributed by atoms with Crippen molar-refractivity contribution in [3.8, 4) is 0 Å². The molecule has 8 heteroatoms. The van der Waals surface area contributed by atoms with Crippen molar-refractivity contribution in [3.63, 3.8) is 0 Å². The number of rotatable bonds is 6. The zero-order valence-corrected chi connectivity index (χ0v) is 16.1. The predicted molar refractivity (Wildman–Crippen MR) is 109 cm³/mol. The average Bonchev–Trinajstić information content (AvgIpc) is 3.04. The Labute approximate surface area is 167 Å². The Morgan fingerprint density at radius 3 is 3.07 bits per heavy atom. The van der Waals surface area contributed by atoms with Gasteiger partial charge in [0.15, 0.2) is 5.82 Å². The van der Waals surface area contributed by atoms with Crippen molar-refractivity contribution in [2.75, 3.05) is 18.4 Å². The van der Waals surface area contributed by atoms with Crippen LogP contribution in [0.3, 0.4) is 0 Å². The smallest absolute Gasteiger partial charge is 0.337 e. The molecular formula is C20H22ClN5O2. The molecule has 1 fully saturated rings. The van der Waals surface area contributed by atoms with Gasteiger partial charge in [0, 0.05) is 23.2 Å². The third-order valence-electron chi connectivity index (χ3n) is 5.17. The minimum Gasteiger partial charge on any atom is -0.478 e. The van der Waals surface area contributed by atoms with E-state index in [0.717, 1.165) is 37.0 Å². The molecule has 1 aromatic carbocycles. The number of hydrogen-bond donors (Lipinski definition) is 3. The lowest BCUT2D eigenvalue weighted by molar-refractivity contribution is 0.0698. The van der Waals surface area contributed by atoms with Gasteiger partial charge in [0.05, 0.1) is 23.0 Å². The summed E-state index contributed by atoms with van der Waals surface area (Å²) in [5.74, 6) is 0.208. The molecule has 0 amide bonds. The van der Waals surface area contributed by atoms with E-state index in [4.69, 9.17) is 16.7 Å². The Balaban J connectivity index is 1.64. The average molecular weight is 400 g/mol. The molecule has 4 rings (SSSR count). The van der Waals surface area contributed by atoms with Crippen LogP contribution in [0.2, 0.25) is 5.02 Å². The zero-order valence-electron chi connectivity index (χ0n) is 15.4. The monoisotopic (exact) mass is 399 g/mol. The van der Waals surface area contributed by atoms with Crippen LogP contribution < -0.4 is 10.6 Å². The van der Waals surface area contributed by atoms with Crippen molar-refractivity contribution in [2.45, 2.75) is 25.8 Å². The van der Waals surface area contributed by atoms with Crippen molar-refractivity contribution in [2.24, 2.45) is 5.92 Å². The van der Waals surface area contributed by atoms with Gasteiger partial charge in [-0.05, 0) is 62.5 Å². The second-order valence-corrected chi connectivity index (χ2v) is 7.52. The maximum absolute atomic E-state index is 11.5. The van der Waals surface area contributed by atoms with Gasteiger partial charge in [-0.3, -0.25) is 9.67 Å². The molecule has 0 saturated carbocycles. The molecule has 3 aromatic rings. The standard InChI is InChI=1S/C20H22ClN5O2/c21-14-3-4-18-16(10-14)19(24-17-12-23-8-5-15(17)20(27)28)25-26(18)9-6-13-2-1-7-22-11-13/h3-5,8,10,12-13,22H,1-2,6-7,9,11H2,(H,24,25)(H,27,28). The lowest BCUT2D eigenvalue weighted by atomic mass is 9.96. The van der Waals surface area contributed by atoms with Crippen LogP contribution in [0, 0.1) is 5.92 Å². The Bertz CT molecular complexity index is 997. The fourth-order valence-electron chi connectivity index (χ4n) is 3.70. The Morgan fingerprint density at radius 2 is 2.29 bits per heavy atom. The van der Waals surface area contributed by atoms with E-state index >= 15 is 0 Å². The summed E-state index contributed by atoms with van der Waals surface area (Å²) in [6.07, 6.45) is 6.44. The summed E-state index contributed by atoms with van der Waals surface area (Å²) in [6, 6.07) is 7.12. The topological polar surface area (TPSA) is 92.1 Å². The number of halogens is 1. The number of nitrogens with zero attached hydrogens (tertiary/aromatic N) is 3. The molecule has 0 spiro atoms. The van der Waals surface area contributed by atoms with E-state index in [9.17, 15) is 9.90 Å². The van der Waals surface area contributed by atoms with Crippen LogP contribution in [0.5, 0.6) is 0 Å². The van der Waals surface area contributed by atoms with Crippen molar-refractivity contribution in [1.82, 2.24) is 20.1 Å². The first-order valence-electron chi connectivity index (χ1n) is 9.43. The largest absolute Gasteiger partial charge is 0.478 e. The fraction of sp³-hybridized carbons (Fsp3) is 0.350. The lowest BCUT2D eigenvalue weighted by Gasteiger charge is -2.22. The van der Waals surface area contributed by atoms with Gasteiger partial charge in [0.1, 0.15) is 0 Å². The maximum atomic E-state index is 11.5. The number of nitrogens with one attached hydrogen (secondary N) is 2. The summed E-state index contributed by atoms with van der Waals surface area (Å²) in [5.41, 5.74) is 1.52. The molecule has 1 atom stereocenters. The van der Waals surface area contributed by atoms with Crippen LogP contribution in [-0.2, 0) is 6.54 Å². The number of aromatic nitrogens is 3. The fourth-order valence-corrected chi connectivity index (χ4v) is 3.87.